The molecule has 0 bridgehead atoms. The molecule has 0 aliphatic rings. The van der Waals surface area contributed by atoms with Crippen LogP contribution in [-0.4, -0.2) is 18.3 Å². The molecule has 4 aromatic rings. The first-order chi connectivity index (χ1) is 13.1. The Bertz CT molecular complexity index is 1150. The van der Waals surface area contributed by atoms with E-state index >= 15 is 0 Å². The molecular weight excluding hydrogens is 404 g/mol. The second kappa shape index (κ2) is 7.37. The lowest BCUT2D eigenvalue weighted by atomic mass is 10.2. The fourth-order valence-corrected chi connectivity index (χ4v) is 3.35. The first kappa shape index (κ1) is 17.5. The average molecular weight is 421 g/mol. The van der Waals surface area contributed by atoms with Gasteiger partial charge in [0, 0.05) is 11.8 Å². The average Bonchev–Trinajstić information content (AvgIpc) is 3.10. The molecule has 0 unspecified atom stereocenters. The molecule has 1 heterocycles. The molecule has 0 N–H and O–H groups in total. The Morgan fingerprint density at radius 1 is 1.07 bits per heavy atom. The number of benzene rings is 3. The Morgan fingerprint density at radius 2 is 1.96 bits per heavy atom. The largest absolute Gasteiger partial charge is 0.496 e. The molecule has 27 heavy (non-hydrogen) atoms. The van der Waals surface area contributed by atoms with Crippen LogP contribution in [-0.2, 0) is 0 Å². The lowest BCUT2D eigenvalue weighted by Gasteiger charge is -2.03. The van der Waals surface area contributed by atoms with Crippen LogP contribution in [0.4, 0.5) is 5.69 Å². The molecule has 0 spiro atoms. The van der Waals surface area contributed by atoms with E-state index in [2.05, 4.69) is 25.9 Å². The Hall–Kier alpha value is -2.92. The van der Waals surface area contributed by atoms with Gasteiger partial charge in [-0.1, -0.05) is 12.1 Å². The van der Waals surface area contributed by atoms with Gasteiger partial charge in [0.1, 0.15) is 11.3 Å². The van der Waals surface area contributed by atoms with Crippen molar-refractivity contribution in [1.82, 2.24) is 4.98 Å². The molecule has 0 atom stereocenters. The van der Waals surface area contributed by atoms with Crippen LogP contribution < -0.4 is 4.74 Å². The summed E-state index contributed by atoms with van der Waals surface area (Å²) in [5.41, 5.74) is 5.51. The third-order valence-corrected chi connectivity index (χ3v) is 4.79. The molecule has 0 saturated heterocycles. The number of halogens is 1. The van der Waals surface area contributed by atoms with Gasteiger partial charge in [-0.25, -0.2) is 4.98 Å². The summed E-state index contributed by atoms with van der Waals surface area (Å²) in [5, 5.41) is 0. The Kier molecular flexibility index (Phi) is 4.77. The molecule has 0 aliphatic heterocycles. The van der Waals surface area contributed by atoms with Gasteiger partial charge in [0.15, 0.2) is 5.58 Å². The molecular formula is C22H17BrN2O2. The van der Waals surface area contributed by atoms with E-state index in [9.17, 15) is 0 Å². The third-order valence-electron chi connectivity index (χ3n) is 4.17. The van der Waals surface area contributed by atoms with Crippen LogP contribution in [0.2, 0.25) is 0 Å². The molecule has 1 aromatic heterocycles. The molecule has 4 rings (SSSR count). The zero-order chi connectivity index (χ0) is 18.8. The number of hydrogen-bond donors (Lipinski definition) is 0. The van der Waals surface area contributed by atoms with Crippen LogP contribution in [0.1, 0.15) is 11.1 Å². The summed E-state index contributed by atoms with van der Waals surface area (Å²) in [6.45, 7) is 2.04. The smallest absolute Gasteiger partial charge is 0.227 e. The summed E-state index contributed by atoms with van der Waals surface area (Å²) in [6.07, 6.45) is 1.82. The SMILES string of the molecule is COc1ccc(C=Nc2cccc(-c3nc4cc(C)ccc4o3)c2)cc1Br. The van der Waals surface area contributed by atoms with E-state index in [1.54, 1.807) is 7.11 Å². The van der Waals surface area contributed by atoms with E-state index in [0.717, 1.165) is 43.7 Å². The zero-order valence-electron chi connectivity index (χ0n) is 14.9. The van der Waals surface area contributed by atoms with Crippen molar-refractivity contribution in [3.8, 4) is 17.2 Å². The summed E-state index contributed by atoms with van der Waals surface area (Å²) in [4.78, 5) is 9.17. The summed E-state index contributed by atoms with van der Waals surface area (Å²) in [7, 11) is 1.65. The zero-order valence-corrected chi connectivity index (χ0v) is 16.5. The van der Waals surface area contributed by atoms with Gasteiger partial charge >= 0.3 is 0 Å². The number of aryl methyl sites for hydroxylation is 1. The lowest BCUT2D eigenvalue weighted by molar-refractivity contribution is 0.412. The Balaban J connectivity index is 1.62. The van der Waals surface area contributed by atoms with E-state index in [-0.39, 0.29) is 0 Å². The molecule has 0 saturated carbocycles. The number of aromatic nitrogens is 1. The fourth-order valence-electron chi connectivity index (χ4n) is 2.79. The van der Waals surface area contributed by atoms with Crippen molar-refractivity contribution in [2.75, 3.05) is 7.11 Å². The molecule has 0 radical (unpaired) electrons. The van der Waals surface area contributed by atoms with Crippen molar-refractivity contribution in [2.24, 2.45) is 4.99 Å². The van der Waals surface area contributed by atoms with Gasteiger partial charge in [0.05, 0.1) is 17.3 Å². The number of aliphatic imine (C=N–C) groups is 1. The van der Waals surface area contributed by atoms with Crippen LogP contribution in [0.3, 0.4) is 0 Å². The first-order valence-electron chi connectivity index (χ1n) is 8.47. The highest BCUT2D eigenvalue weighted by Crippen LogP contribution is 2.28. The maximum Gasteiger partial charge on any atom is 0.227 e. The van der Waals surface area contributed by atoms with Crippen LogP contribution >= 0.6 is 15.9 Å². The van der Waals surface area contributed by atoms with Crippen LogP contribution in [0.25, 0.3) is 22.6 Å². The highest BCUT2D eigenvalue weighted by Gasteiger charge is 2.08. The third kappa shape index (κ3) is 3.78. The van der Waals surface area contributed by atoms with Crippen molar-refractivity contribution in [3.63, 3.8) is 0 Å². The van der Waals surface area contributed by atoms with E-state index in [0.29, 0.717) is 5.89 Å². The van der Waals surface area contributed by atoms with Crippen molar-refractivity contribution in [3.05, 3.63) is 76.3 Å². The number of rotatable bonds is 4. The maximum atomic E-state index is 5.89. The minimum Gasteiger partial charge on any atom is -0.496 e. The van der Waals surface area contributed by atoms with Gasteiger partial charge in [-0.15, -0.1) is 0 Å². The number of ether oxygens (including phenoxy) is 1. The maximum absolute atomic E-state index is 5.89. The highest BCUT2D eigenvalue weighted by atomic mass is 79.9. The molecule has 0 amide bonds. The Morgan fingerprint density at radius 3 is 2.78 bits per heavy atom. The van der Waals surface area contributed by atoms with E-state index < -0.39 is 0 Å². The number of nitrogens with zero attached hydrogens (tertiary/aromatic N) is 2. The van der Waals surface area contributed by atoms with Crippen LogP contribution in [0, 0.1) is 6.92 Å². The van der Waals surface area contributed by atoms with Gasteiger partial charge in [0.2, 0.25) is 5.89 Å². The van der Waals surface area contributed by atoms with Crippen molar-refractivity contribution in [2.45, 2.75) is 6.92 Å². The number of oxazole rings is 1. The standard InChI is InChI=1S/C22H17BrN2O2/c1-14-6-8-21-19(10-14)25-22(27-21)16-4-3-5-17(12-16)24-13-15-7-9-20(26-2)18(23)11-15/h3-13H,1-2H3. The van der Waals surface area contributed by atoms with E-state index in [4.69, 9.17) is 9.15 Å². The van der Waals surface area contributed by atoms with Crippen molar-refractivity contribution in [1.29, 1.82) is 0 Å². The van der Waals surface area contributed by atoms with Crippen LogP contribution in [0.5, 0.6) is 5.75 Å². The van der Waals surface area contributed by atoms with Gasteiger partial charge in [-0.2, -0.15) is 0 Å². The van der Waals surface area contributed by atoms with Crippen molar-refractivity contribution >= 4 is 38.9 Å². The van der Waals surface area contributed by atoms with Gasteiger partial charge < -0.3 is 9.15 Å². The minimum atomic E-state index is 0.597. The summed E-state index contributed by atoms with van der Waals surface area (Å²) in [6, 6.07) is 19.7. The van der Waals surface area contributed by atoms with Crippen molar-refractivity contribution < 1.29 is 9.15 Å². The number of methoxy groups -OCH3 is 1. The van der Waals surface area contributed by atoms with Crippen LogP contribution in [0.15, 0.2) is 74.5 Å². The Labute approximate surface area is 165 Å². The summed E-state index contributed by atoms with van der Waals surface area (Å²) in [5.74, 6) is 1.39. The number of hydrogen-bond acceptors (Lipinski definition) is 4. The molecule has 3 aromatic carbocycles. The fraction of sp³-hybridized carbons (Fsp3) is 0.0909. The molecule has 0 aliphatic carbocycles. The molecule has 134 valence electrons. The lowest BCUT2D eigenvalue weighted by Crippen LogP contribution is -1.87. The number of fused-ring (bicyclic) bond motifs is 1. The predicted molar refractivity (Wildman–Crippen MR) is 112 cm³/mol. The quantitative estimate of drug-likeness (QED) is 0.362. The summed E-state index contributed by atoms with van der Waals surface area (Å²) < 4.78 is 12.0. The monoisotopic (exact) mass is 420 g/mol. The second-order valence-corrected chi connectivity index (χ2v) is 7.05. The topological polar surface area (TPSA) is 47.6 Å². The normalized spacial score (nSPS) is 11.4. The predicted octanol–water partition coefficient (Wildman–Crippen LogP) is 6.32. The molecule has 0 fully saturated rings. The summed E-state index contributed by atoms with van der Waals surface area (Å²) >= 11 is 3.49. The molecule has 5 heteroatoms. The second-order valence-electron chi connectivity index (χ2n) is 6.19. The minimum absolute atomic E-state index is 0.597. The highest BCUT2D eigenvalue weighted by molar-refractivity contribution is 9.10. The van der Waals surface area contributed by atoms with E-state index in [1.807, 2.05) is 73.8 Å². The van der Waals surface area contributed by atoms with Gasteiger partial charge in [-0.05, 0) is 82.5 Å². The first-order valence-corrected chi connectivity index (χ1v) is 9.27. The van der Waals surface area contributed by atoms with Gasteiger partial charge in [-0.3, -0.25) is 4.99 Å². The molecule has 4 nitrogen and oxygen atoms in total. The van der Waals surface area contributed by atoms with E-state index in [1.165, 1.54) is 0 Å². The van der Waals surface area contributed by atoms with Gasteiger partial charge in [0.25, 0.3) is 0 Å².